The Labute approximate surface area is 141 Å². The van der Waals surface area contributed by atoms with Crippen molar-refractivity contribution in [2.75, 3.05) is 6.61 Å². The van der Waals surface area contributed by atoms with Crippen LogP contribution in [0.4, 0.5) is 0 Å². The molecule has 0 unspecified atom stereocenters. The molecule has 1 aromatic rings. The first kappa shape index (κ1) is 16.7. The number of aryl methyl sites for hydroxylation is 1. The van der Waals surface area contributed by atoms with Crippen molar-refractivity contribution in [3.8, 4) is 0 Å². The monoisotopic (exact) mass is 313 g/mol. The Bertz CT molecular complexity index is 579. The molecule has 0 aromatic carbocycles. The van der Waals surface area contributed by atoms with Crippen LogP contribution in [0.25, 0.3) is 5.57 Å². The van der Waals surface area contributed by atoms with Crippen LogP contribution in [0.15, 0.2) is 24.5 Å². The zero-order valence-electron chi connectivity index (χ0n) is 15.2. The molecule has 2 fully saturated rings. The minimum absolute atomic E-state index is 0.0782. The van der Waals surface area contributed by atoms with Gasteiger partial charge in [-0.15, -0.1) is 0 Å². The van der Waals surface area contributed by atoms with Gasteiger partial charge in [-0.3, -0.25) is 4.98 Å². The van der Waals surface area contributed by atoms with Gasteiger partial charge >= 0.3 is 0 Å². The van der Waals surface area contributed by atoms with Gasteiger partial charge in [-0.2, -0.15) is 0 Å². The van der Waals surface area contributed by atoms with E-state index in [0.717, 1.165) is 13.0 Å². The first-order valence-electron chi connectivity index (χ1n) is 9.20. The van der Waals surface area contributed by atoms with Gasteiger partial charge in [0.05, 0.1) is 12.2 Å². The highest BCUT2D eigenvalue weighted by Gasteiger charge is 2.46. The van der Waals surface area contributed by atoms with Gasteiger partial charge in [0.1, 0.15) is 0 Å². The average molecular weight is 313 g/mol. The summed E-state index contributed by atoms with van der Waals surface area (Å²) < 4.78 is 6.06. The normalized spacial score (nSPS) is 30.8. The largest absolute Gasteiger partial charge is 0.375 e. The van der Waals surface area contributed by atoms with E-state index in [9.17, 15) is 0 Å². The fourth-order valence-electron chi connectivity index (χ4n) is 4.70. The Morgan fingerprint density at radius 2 is 2.09 bits per heavy atom. The molecule has 1 spiro atoms. The third-order valence-electron chi connectivity index (χ3n) is 5.83. The van der Waals surface area contributed by atoms with E-state index >= 15 is 0 Å². The average Bonchev–Trinajstić information content (AvgIpc) is 2.82. The standard InChI is InChI=1S/C21H31NO/c1-5-6-18(19-13-22-12-9-16(19)2)17-7-10-21(11-8-17)14-20(3,4)23-15-21/h6,9,12-13,17H,5,7-8,10-11,14-15H2,1-4H3/b18-6-. The van der Waals surface area contributed by atoms with Crippen LogP contribution >= 0.6 is 0 Å². The molecular formula is C21H31NO. The summed E-state index contributed by atoms with van der Waals surface area (Å²) in [6.07, 6.45) is 13.9. The van der Waals surface area contributed by atoms with Gasteiger partial charge in [0.2, 0.25) is 0 Å². The minimum atomic E-state index is 0.0782. The van der Waals surface area contributed by atoms with E-state index in [4.69, 9.17) is 4.74 Å². The van der Waals surface area contributed by atoms with Crippen LogP contribution in [0.5, 0.6) is 0 Å². The van der Waals surface area contributed by atoms with Crippen LogP contribution in [0.3, 0.4) is 0 Å². The lowest BCUT2D eigenvalue weighted by Crippen LogP contribution is -2.29. The molecule has 2 aliphatic rings. The fraction of sp³-hybridized carbons (Fsp3) is 0.667. The van der Waals surface area contributed by atoms with E-state index < -0.39 is 0 Å². The highest BCUT2D eigenvalue weighted by molar-refractivity contribution is 5.69. The molecule has 2 heterocycles. The first-order chi connectivity index (χ1) is 10.9. The van der Waals surface area contributed by atoms with Gasteiger partial charge in [0.15, 0.2) is 0 Å². The number of hydrogen-bond donors (Lipinski definition) is 0. The first-order valence-corrected chi connectivity index (χ1v) is 9.20. The lowest BCUT2D eigenvalue weighted by atomic mass is 9.66. The van der Waals surface area contributed by atoms with Crippen molar-refractivity contribution in [3.05, 3.63) is 35.7 Å². The molecule has 1 aliphatic heterocycles. The molecule has 0 bridgehead atoms. The Morgan fingerprint density at radius 3 is 2.65 bits per heavy atom. The van der Waals surface area contributed by atoms with Crippen LogP contribution in [0.1, 0.15) is 70.4 Å². The Balaban J connectivity index is 1.75. The van der Waals surface area contributed by atoms with Crippen LogP contribution in [0, 0.1) is 18.3 Å². The van der Waals surface area contributed by atoms with Gasteiger partial charge in [-0.05, 0) is 93.4 Å². The van der Waals surface area contributed by atoms with E-state index in [1.807, 2.05) is 6.20 Å². The van der Waals surface area contributed by atoms with Crippen molar-refractivity contribution in [2.45, 2.75) is 71.8 Å². The van der Waals surface area contributed by atoms with Crippen molar-refractivity contribution < 1.29 is 4.74 Å². The van der Waals surface area contributed by atoms with E-state index in [0.29, 0.717) is 11.3 Å². The smallest absolute Gasteiger partial charge is 0.0632 e. The predicted molar refractivity (Wildman–Crippen MR) is 96.3 cm³/mol. The predicted octanol–water partition coefficient (Wildman–Crippen LogP) is 5.56. The van der Waals surface area contributed by atoms with Crippen molar-refractivity contribution in [1.29, 1.82) is 0 Å². The molecule has 0 atom stereocenters. The molecule has 23 heavy (non-hydrogen) atoms. The summed E-state index contributed by atoms with van der Waals surface area (Å²) in [7, 11) is 0. The van der Waals surface area contributed by atoms with Crippen molar-refractivity contribution >= 4 is 5.57 Å². The number of hydrogen-bond acceptors (Lipinski definition) is 2. The molecule has 2 nitrogen and oxygen atoms in total. The highest BCUT2D eigenvalue weighted by Crippen LogP contribution is 2.52. The molecule has 2 heteroatoms. The number of nitrogens with zero attached hydrogens (tertiary/aromatic N) is 1. The summed E-state index contributed by atoms with van der Waals surface area (Å²) in [6.45, 7) is 9.90. The molecule has 1 aliphatic carbocycles. The zero-order valence-corrected chi connectivity index (χ0v) is 15.2. The number of pyridine rings is 1. The van der Waals surface area contributed by atoms with E-state index in [1.165, 1.54) is 48.8 Å². The van der Waals surface area contributed by atoms with Crippen LogP contribution in [-0.4, -0.2) is 17.2 Å². The molecule has 0 radical (unpaired) electrons. The van der Waals surface area contributed by atoms with Gasteiger partial charge < -0.3 is 4.74 Å². The Kier molecular flexibility index (Phi) is 4.64. The summed E-state index contributed by atoms with van der Waals surface area (Å²) in [5.41, 5.74) is 4.77. The SMILES string of the molecule is CC/C=C(\c1cnccc1C)C1CCC2(CC1)COC(C)(C)C2. The molecule has 0 N–H and O–H groups in total. The number of allylic oxidation sites excluding steroid dienone is 2. The quantitative estimate of drug-likeness (QED) is 0.729. The topological polar surface area (TPSA) is 22.1 Å². The van der Waals surface area contributed by atoms with E-state index in [2.05, 4.69) is 51.0 Å². The lowest BCUT2D eigenvalue weighted by molar-refractivity contribution is 0.0278. The fourth-order valence-corrected chi connectivity index (χ4v) is 4.70. The Hall–Kier alpha value is -1.15. The van der Waals surface area contributed by atoms with Crippen LogP contribution < -0.4 is 0 Å². The summed E-state index contributed by atoms with van der Waals surface area (Å²) in [4.78, 5) is 4.37. The number of ether oxygens (including phenoxy) is 1. The van der Waals surface area contributed by atoms with Crippen molar-refractivity contribution in [1.82, 2.24) is 4.98 Å². The molecular weight excluding hydrogens is 282 g/mol. The molecule has 3 rings (SSSR count). The maximum absolute atomic E-state index is 6.06. The maximum Gasteiger partial charge on any atom is 0.0632 e. The van der Waals surface area contributed by atoms with Crippen molar-refractivity contribution in [2.24, 2.45) is 11.3 Å². The number of aromatic nitrogens is 1. The van der Waals surface area contributed by atoms with Gasteiger partial charge in [-0.1, -0.05) is 13.0 Å². The van der Waals surface area contributed by atoms with E-state index in [1.54, 1.807) is 0 Å². The summed E-state index contributed by atoms with van der Waals surface area (Å²) >= 11 is 0. The van der Waals surface area contributed by atoms with Crippen LogP contribution in [-0.2, 0) is 4.74 Å². The van der Waals surface area contributed by atoms with Gasteiger partial charge in [0, 0.05) is 12.4 Å². The molecule has 1 aromatic heterocycles. The third-order valence-corrected chi connectivity index (χ3v) is 5.83. The molecule has 1 saturated carbocycles. The highest BCUT2D eigenvalue weighted by atomic mass is 16.5. The minimum Gasteiger partial charge on any atom is -0.375 e. The molecule has 126 valence electrons. The second-order valence-electron chi connectivity index (χ2n) is 8.26. The number of rotatable bonds is 3. The van der Waals surface area contributed by atoms with Crippen molar-refractivity contribution in [3.63, 3.8) is 0 Å². The molecule has 0 amide bonds. The summed E-state index contributed by atoms with van der Waals surface area (Å²) in [5, 5.41) is 0. The summed E-state index contributed by atoms with van der Waals surface area (Å²) in [6, 6.07) is 2.14. The zero-order chi connectivity index (χ0) is 16.5. The van der Waals surface area contributed by atoms with Crippen LogP contribution in [0.2, 0.25) is 0 Å². The molecule has 1 saturated heterocycles. The van der Waals surface area contributed by atoms with Gasteiger partial charge in [0.25, 0.3) is 0 Å². The summed E-state index contributed by atoms with van der Waals surface area (Å²) in [5.74, 6) is 0.687. The second kappa shape index (κ2) is 6.39. The van der Waals surface area contributed by atoms with Gasteiger partial charge in [-0.25, -0.2) is 0 Å². The Morgan fingerprint density at radius 1 is 1.35 bits per heavy atom. The maximum atomic E-state index is 6.06. The van der Waals surface area contributed by atoms with E-state index in [-0.39, 0.29) is 5.60 Å². The third kappa shape index (κ3) is 3.52. The lowest BCUT2D eigenvalue weighted by Gasteiger charge is -2.38. The second-order valence-corrected chi connectivity index (χ2v) is 8.26.